The number of halogens is 3. The number of carbonyl (C=O) groups is 2. The van der Waals surface area contributed by atoms with Gasteiger partial charge in [-0.3, -0.25) is 14.6 Å². The van der Waals surface area contributed by atoms with Crippen LogP contribution in [0.3, 0.4) is 0 Å². The Morgan fingerprint density at radius 1 is 1.08 bits per heavy atom. The van der Waals surface area contributed by atoms with E-state index in [0.717, 1.165) is 57.6 Å². The standard InChI is InChI=1S/C35H44ClF2N7O4/c1-34(2,3)49-33(47)45-24-6-7-25(45)18-43(9-8-24)31-26-12-39-30(36)27(38)28(26)40-32(41-31)48-19-35-10-20(14-44(35)17-23(37)11-35)13-42-15-21-4-5-22(16-42)29(21)46/h12,18,20-24H,4-11,13-17,19H2,1-3H3/t20-,21-,22+,23-,24?,35+/m1/s1. The largest absolute Gasteiger partial charge is 0.461 e. The Hall–Kier alpha value is -3.16. The molecule has 6 aliphatic rings. The van der Waals surface area contributed by atoms with Gasteiger partial charge in [-0.25, -0.2) is 18.6 Å². The average Bonchev–Trinajstić information content (AvgIpc) is 3.67. The number of aromatic nitrogens is 3. The van der Waals surface area contributed by atoms with Gasteiger partial charge in [0.15, 0.2) is 11.0 Å². The van der Waals surface area contributed by atoms with Crippen LogP contribution in [-0.4, -0.2) is 111 Å². The van der Waals surface area contributed by atoms with Crippen molar-refractivity contribution in [2.45, 2.75) is 89.1 Å². The molecule has 5 aliphatic heterocycles. The summed E-state index contributed by atoms with van der Waals surface area (Å²) in [5.41, 5.74) is -0.380. The number of hydrogen-bond donors (Lipinski definition) is 0. The van der Waals surface area contributed by atoms with E-state index in [9.17, 15) is 14.0 Å². The minimum absolute atomic E-state index is 0.0143. The second-order valence-corrected chi connectivity index (χ2v) is 16.3. The monoisotopic (exact) mass is 699 g/mol. The van der Waals surface area contributed by atoms with Crippen molar-refractivity contribution >= 4 is 40.2 Å². The summed E-state index contributed by atoms with van der Waals surface area (Å²) in [7, 11) is 0. The van der Waals surface area contributed by atoms with E-state index in [-0.39, 0.29) is 47.3 Å². The summed E-state index contributed by atoms with van der Waals surface area (Å²) >= 11 is 6.12. The number of hydrogen-bond acceptors (Lipinski definition) is 10. The molecular formula is C35H44ClF2N7O4. The molecule has 0 spiro atoms. The van der Waals surface area contributed by atoms with Crippen LogP contribution < -0.4 is 9.64 Å². The third kappa shape index (κ3) is 6.13. The highest BCUT2D eigenvalue weighted by molar-refractivity contribution is 6.30. The minimum atomic E-state index is -0.963. The number of amides is 1. The van der Waals surface area contributed by atoms with E-state index in [1.807, 2.05) is 31.9 Å². The van der Waals surface area contributed by atoms with Gasteiger partial charge in [-0.15, -0.1) is 0 Å². The predicted octanol–water partition coefficient (Wildman–Crippen LogP) is 5.36. The zero-order valence-corrected chi connectivity index (χ0v) is 29.1. The SMILES string of the molecule is CC(C)(C)OC(=O)N1C2=CN(c3nc(OC[C@]45C[C@@H](F)CN4C[C@@H](CN4C[C@H]6CC[C@@H](C4)C6=O)C5)nc4c(F)c(Cl)ncc34)CCC1CC2. The molecule has 0 radical (unpaired) electrons. The summed E-state index contributed by atoms with van der Waals surface area (Å²) in [6, 6.07) is -0.0529. The van der Waals surface area contributed by atoms with E-state index < -0.39 is 23.1 Å². The van der Waals surface area contributed by atoms with Crippen LogP contribution in [0.2, 0.25) is 5.15 Å². The highest BCUT2D eigenvalue weighted by Gasteiger charge is 2.53. The van der Waals surface area contributed by atoms with Gasteiger partial charge < -0.3 is 19.3 Å². The number of carbonyl (C=O) groups excluding carboxylic acids is 2. The highest BCUT2D eigenvalue weighted by Crippen LogP contribution is 2.44. The third-order valence-corrected chi connectivity index (χ3v) is 11.6. The zero-order chi connectivity index (χ0) is 34.2. The lowest BCUT2D eigenvalue weighted by Crippen LogP contribution is -2.44. The molecule has 0 aromatic carbocycles. The third-order valence-electron chi connectivity index (χ3n) is 11.3. The summed E-state index contributed by atoms with van der Waals surface area (Å²) in [5, 5.41) is 0.0619. The average molecular weight is 700 g/mol. The fraction of sp³-hybridized carbons (Fsp3) is 0.686. The van der Waals surface area contributed by atoms with Crippen molar-refractivity contribution in [3.8, 4) is 6.01 Å². The van der Waals surface area contributed by atoms with Crippen molar-refractivity contribution in [3.63, 3.8) is 0 Å². The van der Waals surface area contributed by atoms with E-state index >= 15 is 4.39 Å². The Labute approximate surface area is 289 Å². The van der Waals surface area contributed by atoms with Crippen molar-refractivity contribution in [2.24, 2.45) is 17.8 Å². The Kier molecular flexibility index (Phi) is 8.26. The Bertz CT molecular complexity index is 1690. The molecule has 8 rings (SSSR count). The molecule has 6 atom stereocenters. The first-order valence-electron chi connectivity index (χ1n) is 17.6. The van der Waals surface area contributed by atoms with Crippen molar-refractivity contribution in [2.75, 3.05) is 50.8 Å². The molecule has 5 fully saturated rings. The lowest BCUT2D eigenvalue weighted by atomic mass is 9.89. The molecule has 1 unspecified atom stereocenters. The summed E-state index contributed by atoms with van der Waals surface area (Å²) < 4.78 is 42.5. The van der Waals surface area contributed by atoms with Crippen LogP contribution in [-0.2, 0) is 9.53 Å². The van der Waals surface area contributed by atoms with Gasteiger partial charge in [-0.05, 0) is 65.2 Å². The van der Waals surface area contributed by atoms with Crippen LogP contribution in [0, 0.1) is 23.6 Å². The van der Waals surface area contributed by atoms with Crippen molar-refractivity contribution in [1.82, 2.24) is 29.7 Å². The van der Waals surface area contributed by atoms with E-state index in [1.165, 1.54) is 6.20 Å². The molecule has 14 heteroatoms. The Balaban J connectivity index is 1.05. The molecule has 1 amide bonds. The van der Waals surface area contributed by atoms with Gasteiger partial charge in [0.2, 0.25) is 0 Å². The lowest BCUT2D eigenvalue weighted by Gasteiger charge is -2.33. The number of Topliss-reactive ketones (excluding diaryl/α,β-unsaturated/α-hetero) is 1. The van der Waals surface area contributed by atoms with E-state index in [2.05, 4.69) is 19.8 Å². The molecular weight excluding hydrogens is 656 g/mol. The number of piperidine rings is 1. The van der Waals surface area contributed by atoms with Crippen LogP contribution in [0.1, 0.15) is 65.7 Å². The first-order chi connectivity index (χ1) is 23.4. The lowest BCUT2D eigenvalue weighted by molar-refractivity contribution is -0.127. The van der Waals surface area contributed by atoms with Gasteiger partial charge in [-0.2, -0.15) is 9.97 Å². The second-order valence-electron chi connectivity index (χ2n) is 16.0. The quantitative estimate of drug-likeness (QED) is 0.366. The maximum absolute atomic E-state index is 15.5. The smallest absolute Gasteiger partial charge is 0.414 e. The number of ketones is 1. The number of pyridine rings is 1. The molecule has 7 heterocycles. The van der Waals surface area contributed by atoms with Gasteiger partial charge in [0.05, 0.1) is 10.9 Å². The van der Waals surface area contributed by atoms with Crippen LogP contribution in [0.15, 0.2) is 18.1 Å². The number of ether oxygens (including phenoxy) is 2. The molecule has 1 saturated carbocycles. The number of anilines is 1. The molecule has 49 heavy (non-hydrogen) atoms. The Morgan fingerprint density at radius 2 is 1.86 bits per heavy atom. The first-order valence-corrected chi connectivity index (χ1v) is 18.0. The van der Waals surface area contributed by atoms with Gasteiger partial charge in [0.25, 0.3) is 0 Å². The van der Waals surface area contributed by atoms with E-state index in [0.29, 0.717) is 55.3 Å². The molecule has 2 aromatic rings. The normalized spacial score (nSPS) is 31.8. The number of nitrogens with zero attached hydrogens (tertiary/aromatic N) is 7. The summed E-state index contributed by atoms with van der Waals surface area (Å²) in [6.07, 6.45) is 7.24. The van der Waals surface area contributed by atoms with Crippen molar-refractivity contribution < 1.29 is 27.8 Å². The molecule has 0 N–H and O–H groups in total. The van der Waals surface area contributed by atoms with Gasteiger partial charge in [-0.1, -0.05) is 11.6 Å². The van der Waals surface area contributed by atoms with E-state index in [4.69, 9.17) is 26.1 Å². The second kappa shape index (κ2) is 12.3. The predicted molar refractivity (Wildman–Crippen MR) is 179 cm³/mol. The van der Waals surface area contributed by atoms with Gasteiger partial charge in [0.1, 0.15) is 35.5 Å². The molecule has 11 nitrogen and oxygen atoms in total. The summed E-state index contributed by atoms with van der Waals surface area (Å²) in [4.78, 5) is 47.2. The maximum Gasteiger partial charge on any atom is 0.414 e. The van der Waals surface area contributed by atoms with Crippen LogP contribution in [0.25, 0.3) is 10.9 Å². The maximum atomic E-state index is 15.5. The number of rotatable bonds is 6. The van der Waals surface area contributed by atoms with E-state index in [1.54, 1.807) is 4.90 Å². The topological polar surface area (TPSA) is 104 Å². The summed E-state index contributed by atoms with van der Waals surface area (Å²) in [6.45, 7) is 9.84. The minimum Gasteiger partial charge on any atom is -0.461 e. The number of allylic oxidation sites excluding steroid dienone is 1. The Morgan fingerprint density at radius 3 is 2.61 bits per heavy atom. The number of alkyl halides is 1. The van der Waals surface area contributed by atoms with Crippen LogP contribution in [0.4, 0.5) is 19.4 Å². The first kappa shape index (κ1) is 33.0. The molecule has 4 saturated heterocycles. The van der Waals surface area contributed by atoms with Crippen molar-refractivity contribution in [1.29, 1.82) is 0 Å². The highest BCUT2D eigenvalue weighted by atomic mass is 35.5. The van der Waals surface area contributed by atoms with Crippen molar-refractivity contribution in [3.05, 3.63) is 29.1 Å². The molecule has 264 valence electrons. The number of fused-ring (bicyclic) bond motifs is 6. The van der Waals surface area contributed by atoms with Crippen LogP contribution in [0.5, 0.6) is 6.01 Å². The fourth-order valence-electron chi connectivity index (χ4n) is 9.32. The molecule has 2 aromatic heterocycles. The van der Waals surface area contributed by atoms with Gasteiger partial charge in [0, 0.05) is 81.7 Å². The molecule has 1 aliphatic carbocycles. The molecule has 4 bridgehead atoms. The summed E-state index contributed by atoms with van der Waals surface area (Å²) in [5.74, 6) is 0.700. The zero-order valence-electron chi connectivity index (χ0n) is 28.3. The number of likely N-dealkylation sites (tertiary alicyclic amines) is 1. The fourth-order valence-corrected chi connectivity index (χ4v) is 9.45. The van der Waals surface area contributed by atoms with Gasteiger partial charge >= 0.3 is 12.1 Å². The van der Waals surface area contributed by atoms with Crippen LogP contribution >= 0.6 is 11.6 Å².